The highest BCUT2D eigenvalue weighted by Gasteiger charge is 2.30. The quantitative estimate of drug-likeness (QED) is 0.253. The second-order valence-electron chi connectivity index (χ2n) is 9.10. The first kappa shape index (κ1) is 32.1. The summed E-state index contributed by atoms with van der Waals surface area (Å²) in [6, 6.07) is 6.83. The Balaban J connectivity index is 1.51. The molecule has 1 aliphatic heterocycles. The number of hydrogen-bond acceptors (Lipinski definition) is 7. The SMILES string of the molecule is COc1ccc(C(=O)NC[C@H](NC(=O)C2CCN(C(=O)/C=C/c3ccc(SC)c(Cl)c3Cl)CC2)C(=O)O)cc1OC. The molecule has 0 bridgehead atoms. The van der Waals surface area contributed by atoms with Gasteiger partial charge in [-0.05, 0) is 55.0 Å². The lowest BCUT2D eigenvalue weighted by atomic mass is 9.95. The number of methoxy groups -OCH3 is 2. The van der Waals surface area contributed by atoms with Crippen molar-refractivity contribution in [2.75, 3.05) is 40.1 Å². The largest absolute Gasteiger partial charge is 0.493 e. The number of carbonyl (C=O) groups is 4. The van der Waals surface area contributed by atoms with Crippen LogP contribution < -0.4 is 20.1 Å². The number of halogens is 2. The predicted octanol–water partition coefficient (Wildman–Crippen LogP) is 3.98. The molecule has 2 aromatic carbocycles. The summed E-state index contributed by atoms with van der Waals surface area (Å²) in [4.78, 5) is 52.3. The predicted molar refractivity (Wildman–Crippen MR) is 158 cm³/mol. The Morgan fingerprint density at radius 1 is 1.07 bits per heavy atom. The second kappa shape index (κ2) is 15.0. The maximum Gasteiger partial charge on any atom is 0.328 e. The summed E-state index contributed by atoms with van der Waals surface area (Å²) in [5.74, 6) is -2.18. The molecular weight excluding hydrogens is 593 g/mol. The smallest absolute Gasteiger partial charge is 0.328 e. The number of carboxylic acids is 1. The second-order valence-corrected chi connectivity index (χ2v) is 10.7. The third-order valence-electron chi connectivity index (χ3n) is 6.61. The van der Waals surface area contributed by atoms with E-state index in [1.54, 1.807) is 23.1 Å². The highest BCUT2D eigenvalue weighted by Crippen LogP contribution is 2.35. The van der Waals surface area contributed by atoms with Crippen LogP contribution in [0, 0.1) is 5.92 Å². The third kappa shape index (κ3) is 8.31. The van der Waals surface area contributed by atoms with Gasteiger partial charge in [0.25, 0.3) is 5.91 Å². The van der Waals surface area contributed by atoms with E-state index in [1.807, 2.05) is 12.3 Å². The van der Waals surface area contributed by atoms with Crippen LogP contribution in [0.5, 0.6) is 11.5 Å². The number of benzene rings is 2. The molecule has 3 N–H and O–H groups in total. The number of amides is 3. The number of carbonyl (C=O) groups excluding carboxylic acids is 3. The first-order valence-electron chi connectivity index (χ1n) is 12.6. The molecule has 220 valence electrons. The van der Waals surface area contributed by atoms with Gasteiger partial charge in [0.05, 0.1) is 24.3 Å². The van der Waals surface area contributed by atoms with Crippen molar-refractivity contribution in [1.29, 1.82) is 0 Å². The van der Waals surface area contributed by atoms with E-state index >= 15 is 0 Å². The molecule has 1 fully saturated rings. The van der Waals surface area contributed by atoms with Gasteiger partial charge < -0.3 is 30.1 Å². The van der Waals surface area contributed by atoms with Crippen LogP contribution >= 0.6 is 35.0 Å². The fourth-order valence-corrected chi connectivity index (χ4v) is 5.40. The van der Waals surface area contributed by atoms with Gasteiger partial charge in [0.1, 0.15) is 6.04 Å². The standard InChI is InChI=1S/C28H31Cl2N3O7S/c1-39-20-7-4-18(14-21(20)40-2)26(35)31-15-19(28(37)38)32-27(36)17-10-12-33(13-11-17)23(34)9-6-16-5-8-22(41-3)25(30)24(16)29/h4-9,14,17,19H,10-13,15H2,1-3H3,(H,31,35)(H,32,36)(H,37,38)/b9-6+/t19-/m0/s1. The highest BCUT2D eigenvalue weighted by molar-refractivity contribution is 7.98. The fourth-order valence-electron chi connectivity index (χ4n) is 4.23. The molecule has 0 aromatic heterocycles. The average Bonchev–Trinajstić information content (AvgIpc) is 2.99. The van der Waals surface area contributed by atoms with Gasteiger partial charge in [-0.25, -0.2) is 4.79 Å². The first-order chi connectivity index (χ1) is 19.6. The van der Waals surface area contributed by atoms with Crippen LogP contribution in [0.2, 0.25) is 10.0 Å². The number of rotatable bonds is 11. The molecular formula is C28H31Cl2N3O7S. The molecule has 1 aliphatic rings. The molecule has 10 nitrogen and oxygen atoms in total. The van der Waals surface area contributed by atoms with E-state index in [4.69, 9.17) is 32.7 Å². The van der Waals surface area contributed by atoms with Gasteiger partial charge in [0.15, 0.2) is 11.5 Å². The Kier molecular flexibility index (Phi) is 11.7. The minimum Gasteiger partial charge on any atom is -0.493 e. The van der Waals surface area contributed by atoms with Crippen molar-refractivity contribution in [1.82, 2.24) is 15.5 Å². The number of likely N-dealkylation sites (tertiary alicyclic amines) is 1. The first-order valence-corrected chi connectivity index (χ1v) is 14.6. The summed E-state index contributed by atoms with van der Waals surface area (Å²) in [7, 11) is 2.90. The van der Waals surface area contributed by atoms with Crippen molar-refractivity contribution in [3.8, 4) is 11.5 Å². The van der Waals surface area contributed by atoms with E-state index in [0.717, 1.165) is 4.90 Å². The molecule has 1 saturated heterocycles. The van der Waals surface area contributed by atoms with E-state index in [9.17, 15) is 24.3 Å². The van der Waals surface area contributed by atoms with Gasteiger partial charge in [-0.2, -0.15) is 0 Å². The molecule has 3 amide bonds. The van der Waals surface area contributed by atoms with Crippen molar-refractivity contribution in [2.45, 2.75) is 23.8 Å². The molecule has 0 radical (unpaired) electrons. The van der Waals surface area contributed by atoms with E-state index < -0.39 is 29.7 Å². The molecule has 2 aromatic rings. The molecule has 3 rings (SSSR count). The number of piperidine rings is 1. The van der Waals surface area contributed by atoms with Gasteiger partial charge in [-0.15, -0.1) is 11.8 Å². The van der Waals surface area contributed by atoms with Gasteiger partial charge in [-0.3, -0.25) is 14.4 Å². The summed E-state index contributed by atoms with van der Waals surface area (Å²) in [6.07, 6.45) is 5.64. The van der Waals surface area contributed by atoms with Crippen LogP contribution in [0.25, 0.3) is 6.08 Å². The number of hydrogen-bond donors (Lipinski definition) is 3. The van der Waals surface area contributed by atoms with E-state index in [0.29, 0.717) is 53.0 Å². The lowest BCUT2D eigenvalue weighted by Crippen LogP contribution is -2.51. The van der Waals surface area contributed by atoms with Crippen molar-refractivity contribution >= 4 is 64.7 Å². The molecule has 0 unspecified atom stereocenters. The minimum atomic E-state index is -1.33. The van der Waals surface area contributed by atoms with Crippen LogP contribution in [0.3, 0.4) is 0 Å². The van der Waals surface area contributed by atoms with Crippen molar-refractivity contribution < 1.29 is 33.8 Å². The van der Waals surface area contributed by atoms with Gasteiger partial charge in [-0.1, -0.05) is 29.3 Å². The Morgan fingerprint density at radius 3 is 2.37 bits per heavy atom. The number of aliphatic carboxylic acids is 1. The number of carboxylic acid groups (broad SMARTS) is 1. The summed E-state index contributed by atoms with van der Waals surface area (Å²) in [5.41, 5.74) is 0.863. The number of ether oxygens (including phenoxy) is 2. The summed E-state index contributed by atoms with van der Waals surface area (Å²) in [6.45, 7) is 0.338. The van der Waals surface area contributed by atoms with Crippen LogP contribution in [0.1, 0.15) is 28.8 Å². The molecule has 1 heterocycles. The van der Waals surface area contributed by atoms with Crippen molar-refractivity contribution in [3.05, 3.63) is 57.6 Å². The lowest BCUT2D eigenvalue weighted by molar-refractivity contribution is -0.142. The topological polar surface area (TPSA) is 134 Å². The van der Waals surface area contributed by atoms with Crippen molar-refractivity contribution in [3.63, 3.8) is 0 Å². The zero-order valence-corrected chi connectivity index (χ0v) is 25.1. The average molecular weight is 625 g/mol. The fraction of sp³-hybridized carbons (Fsp3) is 0.357. The molecule has 0 saturated carbocycles. The van der Waals surface area contributed by atoms with Crippen LogP contribution in [0.4, 0.5) is 0 Å². The lowest BCUT2D eigenvalue weighted by Gasteiger charge is -2.31. The zero-order valence-electron chi connectivity index (χ0n) is 22.7. The van der Waals surface area contributed by atoms with E-state index in [1.165, 1.54) is 44.2 Å². The maximum absolute atomic E-state index is 12.8. The summed E-state index contributed by atoms with van der Waals surface area (Å²) in [5, 5.41) is 15.4. The normalized spacial score (nSPS) is 14.4. The zero-order chi connectivity index (χ0) is 30.1. The Bertz CT molecular complexity index is 1330. The molecule has 0 aliphatic carbocycles. The minimum absolute atomic E-state index is 0.230. The molecule has 0 spiro atoms. The third-order valence-corrected chi connectivity index (χ3v) is 8.40. The molecule has 1 atom stereocenters. The number of nitrogens with one attached hydrogen (secondary N) is 2. The maximum atomic E-state index is 12.8. The van der Waals surface area contributed by atoms with Crippen LogP contribution in [0.15, 0.2) is 41.3 Å². The van der Waals surface area contributed by atoms with Crippen LogP contribution in [-0.4, -0.2) is 79.8 Å². The number of thioether (sulfide) groups is 1. The summed E-state index contributed by atoms with van der Waals surface area (Å²) < 4.78 is 10.3. The Labute approximate surface area is 252 Å². The van der Waals surface area contributed by atoms with Crippen LogP contribution in [-0.2, 0) is 14.4 Å². The molecule has 13 heteroatoms. The Morgan fingerprint density at radius 2 is 1.76 bits per heavy atom. The van der Waals surface area contributed by atoms with Crippen molar-refractivity contribution in [2.24, 2.45) is 5.92 Å². The van der Waals surface area contributed by atoms with Gasteiger partial charge in [0.2, 0.25) is 11.8 Å². The highest BCUT2D eigenvalue weighted by atomic mass is 35.5. The van der Waals surface area contributed by atoms with Gasteiger partial charge >= 0.3 is 5.97 Å². The number of nitrogens with zero attached hydrogens (tertiary/aromatic N) is 1. The molecule has 41 heavy (non-hydrogen) atoms. The van der Waals surface area contributed by atoms with Gasteiger partial charge in [0, 0.05) is 42.1 Å². The summed E-state index contributed by atoms with van der Waals surface area (Å²) >= 11 is 14.1. The Hall–Kier alpha value is -3.41. The van der Waals surface area contributed by atoms with E-state index in [-0.39, 0.29) is 18.0 Å². The van der Waals surface area contributed by atoms with E-state index in [2.05, 4.69) is 10.6 Å². The monoisotopic (exact) mass is 623 g/mol.